The molecule has 0 spiro atoms. The number of hydrogen-bond donors (Lipinski definition) is 0. The van der Waals surface area contributed by atoms with Gasteiger partial charge in [0.1, 0.15) is 18.6 Å². The molecule has 2 aromatic rings. The summed E-state index contributed by atoms with van der Waals surface area (Å²) in [6, 6.07) is 1.84. The third-order valence-electron chi connectivity index (χ3n) is 4.40. The number of halogens is 1. The first-order chi connectivity index (χ1) is 13.0. The number of nitrogens with zero attached hydrogens (tertiary/aromatic N) is 7. The smallest absolute Gasteiger partial charge is 0.252 e. The third-order valence-corrected chi connectivity index (χ3v) is 4.40. The summed E-state index contributed by atoms with van der Waals surface area (Å²) in [7, 11) is 7.30. The molecule has 2 atom stereocenters. The maximum Gasteiger partial charge on any atom is 0.252 e. The normalized spacial score (nSPS) is 19.9. The SMILES string of the molecule is COCc1nc(CN(C)C[C@@H]2C[C@H](F)CN2c2ccnc(N(C)C)n2)no1. The Morgan fingerprint density at radius 3 is 2.89 bits per heavy atom. The lowest BCUT2D eigenvalue weighted by atomic mass is 10.2. The molecule has 27 heavy (non-hydrogen) atoms. The van der Waals surface area contributed by atoms with Crippen LogP contribution in [0.15, 0.2) is 16.8 Å². The summed E-state index contributed by atoms with van der Waals surface area (Å²) in [4.78, 5) is 19.0. The first-order valence-electron chi connectivity index (χ1n) is 8.86. The average molecular weight is 379 g/mol. The summed E-state index contributed by atoms with van der Waals surface area (Å²) >= 11 is 0. The molecule has 0 bridgehead atoms. The van der Waals surface area contributed by atoms with Gasteiger partial charge in [0.15, 0.2) is 5.82 Å². The number of anilines is 2. The maximum atomic E-state index is 14.2. The van der Waals surface area contributed by atoms with Gasteiger partial charge in [0.25, 0.3) is 5.89 Å². The maximum absolute atomic E-state index is 14.2. The molecule has 0 aromatic carbocycles. The van der Waals surface area contributed by atoms with Gasteiger partial charge in [0.2, 0.25) is 5.95 Å². The lowest BCUT2D eigenvalue weighted by molar-refractivity contribution is 0.151. The number of methoxy groups -OCH3 is 1. The molecule has 1 aliphatic rings. The monoisotopic (exact) mass is 379 g/mol. The number of likely N-dealkylation sites (N-methyl/N-ethyl adjacent to an activating group) is 1. The van der Waals surface area contributed by atoms with E-state index in [2.05, 4.69) is 25.0 Å². The zero-order valence-corrected chi connectivity index (χ0v) is 16.2. The van der Waals surface area contributed by atoms with Crippen molar-refractivity contribution in [1.29, 1.82) is 0 Å². The van der Waals surface area contributed by atoms with Crippen molar-refractivity contribution in [2.45, 2.75) is 31.8 Å². The van der Waals surface area contributed by atoms with Crippen molar-refractivity contribution >= 4 is 11.8 Å². The molecule has 2 aromatic heterocycles. The molecule has 0 radical (unpaired) electrons. The number of hydrogen-bond acceptors (Lipinski definition) is 9. The van der Waals surface area contributed by atoms with Crippen molar-refractivity contribution in [2.24, 2.45) is 0 Å². The summed E-state index contributed by atoms with van der Waals surface area (Å²) in [5.41, 5.74) is 0. The number of ether oxygens (including phenoxy) is 1. The van der Waals surface area contributed by atoms with Crippen LogP contribution in [0.4, 0.5) is 16.2 Å². The van der Waals surface area contributed by atoms with Gasteiger partial charge in [0, 0.05) is 46.4 Å². The van der Waals surface area contributed by atoms with Gasteiger partial charge >= 0.3 is 0 Å². The van der Waals surface area contributed by atoms with Crippen LogP contribution in [0.1, 0.15) is 18.1 Å². The van der Waals surface area contributed by atoms with Crippen molar-refractivity contribution in [3.63, 3.8) is 0 Å². The predicted octanol–water partition coefficient (Wildman–Crippen LogP) is 1.12. The molecule has 1 fully saturated rings. The van der Waals surface area contributed by atoms with Gasteiger partial charge in [-0.15, -0.1) is 0 Å². The molecular weight excluding hydrogens is 353 g/mol. The van der Waals surface area contributed by atoms with Gasteiger partial charge < -0.3 is 19.1 Å². The minimum Gasteiger partial charge on any atom is -0.375 e. The Morgan fingerprint density at radius 1 is 1.33 bits per heavy atom. The van der Waals surface area contributed by atoms with Crippen LogP contribution in [0.3, 0.4) is 0 Å². The predicted molar refractivity (Wildman–Crippen MR) is 98.4 cm³/mol. The van der Waals surface area contributed by atoms with Crippen molar-refractivity contribution in [1.82, 2.24) is 25.0 Å². The summed E-state index contributed by atoms with van der Waals surface area (Å²) < 4.78 is 24.3. The average Bonchev–Trinajstić information content (AvgIpc) is 3.21. The minimum atomic E-state index is -0.875. The third kappa shape index (κ3) is 4.89. The van der Waals surface area contributed by atoms with E-state index in [1.54, 1.807) is 13.3 Å². The molecule has 10 heteroatoms. The highest BCUT2D eigenvalue weighted by molar-refractivity contribution is 5.45. The van der Waals surface area contributed by atoms with Crippen molar-refractivity contribution < 1.29 is 13.7 Å². The Hall–Kier alpha value is -2.33. The highest BCUT2D eigenvalue weighted by atomic mass is 19.1. The highest BCUT2D eigenvalue weighted by Gasteiger charge is 2.34. The van der Waals surface area contributed by atoms with E-state index in [1.165, 1.54) is 0 Å². The first kappa shape index (κ1) is 19.4. The van der Waals surface area contributed by atoms with Crippen LogP contribution >= 0.6 is 0 Å². The summed E-state index contributed by atoms with van der Waals surface area (Å²) in [6.07, 6.45) is 1.30. The molecule has 9 nitrogen and oxygen atoms in total. The summed E-state index contributed by atoms with van der Waals surface area (Å²) in [6.45, 7) is 1.80. The van der Waals surface area contributed by atoms with Crippen LogP contribution in [0.5, 0.6) is 0 Å². The summed E-state index contributed by atoms with van der Waals surface area (Å²) in [5, 5.41) is 3.95. The molecule has 0 N–H and O–H groups in total. The van der Waals surface area contributed by atoms with E-state index in [1.807, 2.05) is 37.0 Å². The molecule has 3 heterocycles. The molecule has 0 aliphatic carbocycles. The quantitative estimate of drug-likeness (QED) is 0.670. The molecule has 0 saturated carbocycles. The Kier molecular flexibility index (Phi) is 6.17. The number of alkyl halides is 1. The van der Waals surface area contributed by atoms with E-state index in [-0.39, 0.29) is 6.04 Å². The van der Waals surface area contributed by atoms with Gasteiger partial charge in [-0.2, -0.15) is 9.97 Å². The Morgan fingerprint density at radius 2 is 2.15 bits per heavy atom. The Labute approximate surface area is 158 Å². The van der Waals surface area contributed by atoms with Crippen LogP contribution in [-0.2, 0) is 17.9 Å². The number of aromatic nitrogens is 4. The van der Waals surface area contributed by atoms with E-state index in [4.69, 9.17) is 9.26 Å². The fourth-order valence-corrected chi connectivity index (χ4v) is 3.23. The van der Waals surface area contributed by atoms with E-state index in [0.29, 0.717) is 50.3 Å². The molecular formula is C17H26FN7O2. The van der Waals surface area contributed by atoms with Gasteiger partial charge in [-0.25, -0.2) is 9.37 Å². The van der Waals surface area contributed by atoms with Crippen LogP contribution < -0.4 is 9.80 Å². The van der Waals surface area contributed by atoms with E-state index < -0.39 is 6.17 Å². The zero-order chi connectivity index (χ0) is 19.4. The van der Waals surface area contributed by atoms with E-state index in [0.717, 1.165) is 5.82 Å². The van der Waals surface area contributed by atoms with Crippen molar-refractivity contribution in [2.75, 3.05) is 51.1 Å². The molecule has 148 valence electrons. The van der Waals surface area contributed by atoms with Crippen LogP contribution in [0.2, 0.25) is 0 Å². The van der Waals surface area contributed by atoms with Crippen LogP contribution in [-0.4, -0.2) is 78.6 Å². The molecule has 0 unspecified atom stereocenters. The number of rotatable bonds is 8. The zero-order valence-electron chi connectivity index (χ0n) is 16.2. The lowest BCUT2D eigenvalue weighted by Crippen LogP contribution is -2.39. The van der Waals surface area contributed by atoms with Gasteiger partial charge in [-0.1, -0.05) is 5.16 Å². The first-order valence-corrected chi connectivity index (χ1v) is 8.86. The molecule has 1 saturated heterocycles. The largest absolute Gasteiger partial charge is 0.375 e. The molecule has 3 rings (SSSR count). The van der Waals surface area contributed by atoms with Gasteiger partial charge in [0.05, 0.1) is 13.1 Å². The second-order valence-electron chi connectivity index (χ2n) is 6.98. The Bertz CT molecular complexity index is 742. The van der Waals surface area contributed by atoms with Crippen molar-refractivity contribution in [3.05, 3.63) is 24.0 Å². The van der Waals surface area contributed by atoms with E-state index in [9.17, 15) is 4.39 Å². The summed E-state index contributed by atoms with van der Waals surface area (Å²) in [5.74, 6) is 2.39. The standard InChI is InChI=1S/C17H26FN7O2/c1-23(2)17-19-6-5-15(21-17)25-8-12(18)7-13(25)9-24(3)10-14-20-16(11-26-4)27-22-14/h5-6,12-13H,7-11H2,1-4H3/t12-,13-/m0/s1. The fraction of sp³-hybridized carbons (Fsp3) is 0.647. The van der Waals surface area contributed by atoms with Crippen molar-refractivity contribution in [3.8, 4) is 0 Å². The minimum absolute atomic E-state index is 0.0141. The second-order valence-corrected chi connectivity index (χ2v) is 6.98. The fourth-order valence-electron chi connectivity index (χ4n) is 3.23. The van der Waals surface area contributed by atoms with E-state index >= 15 is 0 Å². The topological polar surface area (TPSA) is 83.7 Å². The van der Waals surface area contributed by atoms with Crippen LogP contribution in [0.25, 0.3) is 0 Å². The Balaban J connectivity index is 1.65. The molecule has 0 amide bonds. The van der Waals surface area contributed by atoms with Gasteiger partial charge in [-0.3, -0.25) is 4.90 Å². The lowest BCUT2D eigenvalue weighted by Gasteiger charge is -2.29. The molecule has 1 aliphatic heterocycles. The van der Waals surface area contributed by atoms with Gasteiger partial charge in [-0.05, 0) is 13.1 Å². The second kappa shape index (κ2) is 8.57. The van der Waals surface area contributed by atoms with Crippen LogP contribution in [0, 0.1) is 0 Å². The highest BCUT2D eigenvalue weighted by Crippen LogP contribution is 2.27.